The Kier molecular flexibility index (Phi) is 7.02. The zero-order chi connectivity index (χ0) is 22.5. The minimum Gasteiger partial charge on any atom is -0.481 e. The lowest BCUT2D eigenvalue weighted by Crippen LogP contribution is -2.42. The van der Waals surface area contributed by atoms with Gasteiger partial charge in [0, 0.05) is 22.5 Å². The van der Waals surface area contributed by atoms with Crippen LogP contribution in [-0.4, -0.2) is 28.5 Å². The summed E-state index contributed by atoms with van der Waals surface area (Å²) in [5.41, 5.74) is 2.59. The molecule has 2 heterocycles. The van der Waals surface area contributed by atoms with Crippen LogP contribution < -0.4 is 4.90 Å². The number of anilines is 1. The van der Waals surface area contributed by atoms with Crippen molar-refractivity contribution in [3.8, 4) is 11.3 Å². The molecule has 0 saturated heterocycles. The van der Waals surface area contributed by atoms with Crippen molar-refractivity contribution in [3.05, 3.63) is 82.7 Å². The van der Waals surface area contributed by atoms with Crippen molar-refractivity contribution in [3.63, 3.8) is 0 Å². The summed E-state index contributed by atoms with van der Waals surface area (Å²) in [6.45, 7) is 0.364. The molecule has 1 aliphatic rings. The van der Waals surface area contributed by atoms with E-state index in [1.54, 1.807) is 11.0 Å². The highest BCUT2D eigenvalue weighted by Gasteiger charge is 2.35. The third-order valence-electron chi connectivity index (χ3n) is 5.65. The van der Waals surface area contributed by atoms with Crippen LogP contribution >= 0.6 is 22.9 Å². The SMILES string of the molecule is O=C(O)C[C@@H]1C(=O)N(c2nc(-c3ccccc3Cl)cs2)C/C=C\C[C@@H]1Cc1ccccc1. The van der Waals surface area contributed by atoms with Gasteiger partial charge in [-0.05, 0) is 30.4 Å². The van der Waals surface area contributed by atoms with E-state index < -0.39 is 11.9 Å². The first-order valence-electron chi connectivity index (χ1n) is 10.5. The van der Waals surface area contributed by atoms with Crippen LogP contribution in [0.25, 0.3) is 11.3 Å². The fraction of sp³-hybridized carbons (Fsp3) is 0.240. The number of aliphatic carboxylic acids is 1. The lowest BCUT2D eigenvalue weighted by atomic mass is 9.80. The topological polar surface area (TPSA) is 70.5 Å². The molecular weight excluding hydrogens is 444 g/mol. The van der Waals surface area contributed by atoms with Gasteiger partial charge < -0.3 is 5.11 Å². The first-order valence-corrected chi connectivity index (χ1v) is 11.7. The first kappa shape index (κ1) is 22.2. The van der Waals surface area contributed by atoms with Gasteiger partial charge in [-0.25, -0.2) is 4.98 Å². The maximum Gasteiger partial charge on any atom is 0.304 e. The number of carboxylic acid groups (broad SMARTS) is 1. The number of halogens is 1. The van der Waals surface area contributed by atoms with E-state index >= 15 is 0 Å². The Morgan fingerprint density at radius 2 is 1.88 bits per heavy atom. The van der Waals surface area contributed by atoms with E-state index in [2.05, 4.69) is 4.98 Å². The molecule has 1 amide bonds. The van der Waals surface area contributed by atoms with Crippen LogP contribution in [-0.2, 0) is 16.0 Å². The van der Waals surface area contributed by atoms with Crippen molar-refractivity contribution >= 4 is 39.9 Å². The van der Waals surface area contributed by atoms with Crippen molar-refractivity contribution < 1.29 is 14.7 Å². The second-order valence-electron chi connectivity index (χ2n) is 7.81. The number of carbonyl (C=O) groups excluding carboxylic acids is 1. The summed E-state index contributed by atoms with van der Waals surface area (Å²) in [5, 5.41) is 12.6. The van der Waals surface area contributed by atoms with Crippen LogP contribution in [0.1, 0.15) is 18.4 Å². The Morgan fingerprint density at radius 3 is 2.62 bits per heavy atom. The number of carbonyl (C=O) groups is 2. The van der Waals surface area contributed by atoms with Gasteiger partial charge in [-0.1, -0.05) is 72.3 Å². The molecule has 2 aromatic carbocycles. The van der Waals surface area contributed by atoms with E-state index in [0.717, 1.165) is 11.1 Å². The Morgan fingerprint density at radius 1 is 1.12 bits per heavy atom. The molecule has 1 aromatic heterocycles. The molecule has 1 aliphatic heterocycles. The summed E-state index contributed by atoms with van der Waals surface area (Å²) < 4.78 is 0. The van der Waals surface area contributed by atoms with E-state index in [1.165, 1.54) is 11.3 Å². The standard InChI is InChI=1S/C25H23ClN2O3S/c26-21-12-5-4-11-19(21)22-16-32-25(27-22)28-13-7-6-10-18(14-17-8-2-1-3-9-17)20(24(28)31)15-23(29)30/h1-9,11-12,16,18,20H,10,13-15H2,(H,29,30)/b7-6-/t18-,20+/m1/s1. The molecule has 0 fully saturated rings. The van der Waals surface area contributed by atoms with Crippen LogP contribution in [0.3, 0.4) is 0 Å². The zero-order valence-electron chi connectivity index (χ0n) is 17.4. The molecule has 2 atom stereocenters. The molecule has 0 spiro atoms. The Labute approximate surface area is 196 Å². The van der Waals surface area contributed by atoms with Gasteiger partial charge in [0.25, 0.3) is 0 Å². The van der Waals surface area contributed by atoms with Crippen molar-refractivity contribution in [2.45, 2.75) is 19.3 Å². The quantitative estimate of drug-likeness (QED) is 0.472. The van der Waals surface area contributed by atoms with Crippen molar-refractivity contribution in [1.82, 2.24) is 4.98 Å². The predicted molar refractivity (Wildman–Crippen MR) is 128 cm³/mol. The highest BCUT2D eigenvalue weighted by Crippen LogP contribution is 2.35. The molecule has 5 nitrogen and oxygen atoms in total. The highest BCUT2D eigenvalue weighted by molar-refractivity contribution is 7.14. The number of amides is 1. The summed E-state index contributed by atoms with van der Waals surface area (Å²) in [5.74, 6) is -1.91. The minimum absolute atomic E-state index is 0.108. The van der Waals surface area contributed by atoms with E-state index in [9.17, 15) is 14.7 Å². The third kappa shape index (κ3) is 5.09. The Hall–Kier alpha value is -2.96. The Bertz CT molecular complexity index is 1130. The van der Waals surface area contributed by atoms with Gasteiger partial charge in [0.1, 0.15) is 0 Å². The molecule has 4 rings (SSSR count). The van der Waals surface area contributed by atoms with E-state index in [1.807, 2.05) is 66.1 Å². The maximum absolute atomic E-state index is 13.6. The summed E-state index contributed by atoms with van der Waals surface area (Å²) in [6, 6.07) is 17.3. The molecule has 0 unspecified atom stereocenters. The van der Waals surface area contributed by atoms with Gasteiger partial charge in [-0.3, -0.25) is 14.5 Å². The van der Waals surface area contributed by atoms with Gasteiger partial charge in [-0.15, -0.1) is 11.3 Å². The Balaban J connectivity index is 1.64. The number of hydrogen-bond donors (Lipinski definition) is 1. The molecular formula is C25H23ClN2O3S. The van der Waals surface area contributed by atoms with Gasteiger partial charge in [0.2, 0.25) is 5.91 Å². The largest absolute Gasteiger partial charge is 0.481 e. The van der Waals surface area contributed by atoms with Crippen molar-refractivity contribution in [1.29, 1.82) is 0 Å². The minimum atomic E-state index is -0.971. The molecule has 7 heteroatoms. The lowest BCUT2D eigenvalue weighted by molar-refractivity contribution is -0.141. The van der Waals surface area contributed by atoms with E-state index in [0.29, 0.717) is 35.2 Å². The molecule has 0 saturated carbocycles. The van der Waals surface area contributed by atoms with Crippen molar-refractivity contribution in [2.24, 2.45) is 11.8 Å². The monoisotopic (exact) mass is 466 g/mol. The zero-order valence-corrected chi connectivity index (χ0v) is 18.9. The molecule has 32 heavy (non-hydrogen) atoms. The van der Waals surface area contributed by atoms with Crippen LogP contribution in [0.2, 0.25) is 5.02 Å². The average molecular weight is 467 g/mol. The number of carboxylic acids is 1. The summed E-state index contributed by atoms with van der Waals surface area (Å²) in [7, 11) is 0. The van der Waals surface area contributed by atoms with Crippen LogP contribution in [0.5, 0.6) is 0 Å². The lowest BCUT2D eigenvalue weighted by Gasteiger charge is -2.31. The number of aromatic nitrogens is 1. The second kappa shape index (κ2) is 10.1. The average Bonchev–Trinajstić information content (AvgIpc) is 3.26. The molecule has 3 aromatic rings. The van der Waals surface area contributed by atoms with Gasteiger partial charge in [0.15, 0.2) is 5.13 Å². The number of hydrogen-bond acceptors (Lipinski definition) is 4. The number of nitrogens with zero attached hydrogens (tertiary/aromatic N) is 2. The summed E-state index contributed by atoms with van der Waals surface area (Å²) >= 11 is 7.67. The van der Waals surface area contributed by atoms with E-state index in [4.69, 9.17) is 11.6 Å². The summed E-state index contributed by atoms with van der Waals surface area (Å²) in [4.78, 5) is 31.6. The van der Waals surface area contributed by atoms with Gasteiger partial charge >= 0.3 is 5.97 Å². The van der Waals surface area contributed by atoms with E-state index in [-0.39, 0.29) is 18.2 Å². The predicted octanol–water partition coefficient (Wildman–Crippen LogP) is 5.71. The van der Waals surface area contributed by atoms with Crippen LogP contribution in [0.15, 0.2) is 72.1 Å². The number of allylic oxidation sites excluding steroid dienone is 1. The fourth-order valence-corrected chi connectivity index (χ4v) is 5.12. The van der Waals surface area contributed by atoms with Gasteiger partial charge in [-0.2, -0.15) is 0 Å². The smallest absolute Gasteiger partial charge is 0.304 e. The molecule has 0 aliphatic carbocycles. The first-order chi connectivity index (χ1) is 15.5. The van der Waals surface area contributed by atoms with Crippen molar-refractivity contribution in [2.75, 3.05) is 11.4 Å². The fourth-order valence-electron chi connectivity index (χ4n) is 4.04. The normalized spacial score (nSPS) is 19.9. The molecule has 0 bridgehead atoms. The number of benzene rings is 2. The summed E-state index contributed by atoms with van der Waals surface area (Å²) in [6.07, 6.45) is 5.11. The number of thiazole rings is 1. The molecule has 1 N–H and O–H groups in total. The third-order valence-corrected chi connectivity index (χ3v) is 6.85. The van der Waals surface area contributed by atoms with Gasteiger partial charge in [0.05, 0.1) is 18.0 Å². The second-order valence-corrected chi connectivity index (χ2v) is 9.05. The molecule has 0 radical (unpaired) electrons. The highest BCUT2D eigenvalue weighted by atomic mass is 35.5. The van der Waals surface area contributed by atoms with Crippen LogP contribution in [0.4, 0.5) is 5.13 Å². The molecule has 164 valence electrons. The maximum atomic E-state index is 13.6. The van der Waals surface area contributed by atoms with Crippen LogP contribution in [0, 0.1) is 11.8 Å². The number of rotatable bonds is 6.